The molecule has 0 spiro atoms. The molecule has 0 saturated carbocycles. The molecule has 7 nitrogen and oxygen atoms in total. The van der Waals surface area contributed by atoms with Gasteiger partial charge in [0.2, 0.25) is 5.16 Å². The van der Waals surface area contributed by atoms with Gasteiger partial charge >= 0.3 is 0 Å². The maximum atomic E-state index is 12.7. The van der Waals surface area contributed by atoms with Gasteiger partial charge in [0.1, 0.15) is 17.1 Å². The van der Waals surface area contributed by atoms with Gasteiger partial charge in [0.25, 0.3) is 0 Å². The molecule has 5 rings (SSSR count). The van der Waals surface area contributed by atoms with E-state index in [1.165, 1.54) is 6.33 Å². The van der Waals surface area contributed by atoms with Crippen LogP contribution in [0.5, 0.6) is 0 Å². The number of pyridine rings is 1. The summed E-state index contributed by atoms with van der Waals surface area (Å²) in [6, 6.07) is 13.5. The van der Waals surface area contributed by atoms with E-state index in [0.29, 0.717) is 10.1 Å². The normalized spacial score (nSPS) is 12.4. The number of hydrogen-bond donors (Lipinski definition) is 2. The summed E-state index contributed by atoms with van der Waals surface area (Å²) in [5, 5.41) is 11.0. The molecule has 0 bridgehead atoms. The first-order valence-corrected chi connectivity index (χ1v) is 10.1. The maximum Gasteiger partial charge on any atom is 0.219 e. The summed E-state index contributed by atoms with van der Waals surface area (Å²) in [7, 11) is -1.43. The third-order valence-corrected chi connectivity index (χ3v) is 6.14. The summed E-state index contributed by atoms with van der Waals surface area (Å²) >= 11 is 1.61. The average Bonchev–Trinajstić information content (AvgIpc) is 3.39. The Bertz CT molecular complexity index is 1280. The molecule has 2 aromatic carbocycles. The number of aromatic amines is 1. The molecule has 2 N–H and O–H groups in total. The van der Waals surface area contributed by atoms with Crippen LogP contribution in [0.15, 0.2) is 70.6 Å². The number of H-pyrrole nitrogens is 1. The number of benzene rings is 2. The standard InChI is InChI=1S/C18H12N6OS2/c25-27(18-20-9-22-24-18)12-2-3-14-13(8-12)15(5-6-19-14)23-11-1-4-17-16(7-11)21-10-26-17/h1-10H,(H,19,23)(H,20,22,24). The Morgan fingerprint density at radius 1 is 1.00 bits per heavy atom. The highest BCUT2D eigenvalue weighted by Crippen LogP contribution is 2.29. The number of hydrogen-bond acceptors (Lipinski definition) is 7. The summed E-state index contributed by atoms with van der Waals surface area (Å²) in [4.78, 5) is 13.4. The van der Waals surface area contributed by atoms with E-state index in [-0.39, 0.29) is 0 Å². The number of rotatable bonds is 4. The molecular formula is C18H12N6OS2. The minimum Gasteiger partial charge on any atom is -0.355 e. The molecule has 0 aliphatic carbocycles. The van der Waals surface area contributed by atoms with Crippen molar-refractivity contribution in [3.63, 3.8) is 0 Å². The molecular weight excluding hydrogens is 380 g/mol. The van der Waals surface area contributed by atoms with Crippen molar-refractivity contribution >= 4 is 54.6 Å². The van der Waals surface area contributed by atoms with Crippen LogP contribution in [-0.4, -0.2) is 29.4 Å². The molecule has 0 amide bonds. The maximum absolute atomic E-state index is 12.7. The summed E-state index contributed by atoms with van der Waals surface area (Å²) in [5.41, 5.74) is 5.42. The first-order valence-electron chi connectivity index (χ1n) is 8.04. The number of nitrogens with one attached hydrogen (secondary N) is 2. The Hall–Kier alpha value is -3.17. The van der Waals surface area contributed by atoms with E-state index in [2.05, 4.69) is 30.5 Å². The highest BCUT2D eigenvalue weighted by atomic mass is 32.2. The van der Waals surface area contributed by atoms with Gasteiger partial charge in [0, 0.05) is 27.9 Å². The summed E-state index contributed by atoms with van der Waals surface area (Å²) in [6.45, 7) is 0. The Labute approximate surface area is 160 Å². The molecule has 0 aliphatic rings. The molecule has 27 heavy (non-hydrogen) atoms. The predicted octanol–water partition coefficient (Wildman–Crippen LogP) is 3.87. The number of aromatic nitrogens is 5. The highest BCUT2D eigenvalue weighted by molar-refractivity contribution is 7.85. The first-order chi connectivity index (χ1) is 13.3. The largest absolute Gasteiger partial charge is 0.355 e. The van der Waals surface area contributed by atoms with Gasteiger partial charge in [-0.1, -0.05) is 0 Å². The van der Waals surface area contributed by atoms with Crippen LogP contribution in [0.4, 0.5) is 11.4 Å². The van der Waals surface area contributed by atoms with Crippen molar-refractivity contribution in [2.45, 2.75) is 10.1 Å². The lowest BCUT2D eigenvalue weighted by atomic mass is 10.2. The quantitative estimate of drug-likeness (QED) is 0.482. The van der Waals surface area contributed by atoms with Gasteiger partial charge in [-0.15, -0.1) is 11.3 Å². The third kappa shape index (κ3) is 2.96. The zero-order valence-corrected chi connectivity index (χ0v) is 15.4. The fourth-order valence-electron chi connectivity index (χ4n) is 2.84. The summed E-state index contributed by atoms with van der Waals surface area (Å²) in [6.07, 6.45) is 3.09. The molecule has 9 heteroatoms. The van der Waals surface area contributed by atoms with Crippen LogP contribution in [0.1, 0.15) is 0 Å². The monoisotopic (exact) mass is 392 g/mol. The number of anilines is 2. The van der Waals surface area contributed by atoms with Gasteiger partial charge in [-0.2, -0.15) is 5.10 Å². The molecule has 0 aliphatic heterocycles. The van der Waals surface area contributed by atoms with E-state index in [9.17, 15) is 4.21 Å². The van der Waals surface area contributed by atoms with Gasteiger partial charge in [-0.05, 0) is 42.5 Å². The Balaban J connectivity index is 1.57. The Kier molecular flexibility index (Phi) is 3.88. The van der Waals surface area contributed by atoms with Crippen LogP contribution in [0.3, 0.4) is 0 Å². The average molecular weight is 392 g/mol. The Morgan fingerprint density at radius 2 is 1.96 bits per heavy atom. The van der Waals surface area contributed by atoms with Gasteiger partial charge in [0.15, 0.2) is 0 Å². The fourth-order valence-corrected chi connectivity index (χ4v) is 4.41. The van der Waals surface area contributed by atoms with Gasteiger partial charge in [0.05, 0.1) is 21.2 Å². The topological polar surface area (TPSA) is 96.5 Å². The second kappa shape index (κ2) is 6.53. The summed E-state index contributed by atoms with van der Waals surface area (Å²) in [5.74, 6) is 0. The van der Waals surface area contributed by atoms with Crippen molar-refractivity contribution in [3.8, 4) is 0 Å². The Morgan fingerprint density at radius 3 is 2.85 bits per heavy atom. The molecule has 0 radical (unpaired) electrons. The van der Waals surface area contributed by atoms with E-state index >= 15 is 0 Å². The molecule has 0 saturated heterocycles. The van der Waals surface area contributed by atoms with Crippen molar-refractivity contribution in [3.05, 3.63) is 60.5 Å². The van der Waals surface area contributed by atoms with Crippen LogP contribution in [0.25, 0.3) is 21.1 Å². The first kappa shape index (κ1) is 16.0. The zero-order valence-electron chi connectivity index (χ0n) is 13.8. The van der Waals surface area contributed by atoms with Crippen LogP contribution >= 0.6 is 11.3 Å². The van der Waals surface area contributed by atoms with Gasteiger partial charge in [-0.25, -0.2) is 14.2 Å². The lowest BCUT2D eigenvalue weighted by Crippen LogP contribution is -1.97. The minimum absolute atomic E-state index is 0.321. The third-order valence-electron chi connectivity index (χ3n) is 4.11. The van der Waals surface area contributed by atoms with Crippen LogP contribution in [0.2, 0.25) is 0 Å². The number of thiazole rings is 1. The number of nitrogens with zero attached hydrogens (tertiary/aromatic N) is 4. The molecule has 3 aromatic heterocycles. The second-order valence-electron chi connectivity index (χ2n) is 5.76. The highest BCUT2D eigenvalue weighted by Gasteiger charge is 2.12. The van der Waals surface area contributed by atoms with Crippen molar-refractivity contribution in [2.24, 2.45) is 0 Å². The van der Waals surface area contributed by atoms with Crippen LogP contribution < -0.4 is 5.32 Å². The minimum atomic E-state index is -1.43. The van der Waals surface area contributed by atoms with E-state index in [1.54, 1.807) is 23.6 Å². The van der Waals surface area contributed by atoms with Crippen LogP contribution in [-0.2, 0) is 10.8 Å². The number of fused-ring (bicyclic) bond motifs is 2. The fraction of sp³-hybridized carbons (Fsp3) is 0. The molecule has 1 atom stereocenters. The van der Waals surface area contributed by atoms with E-state index in [4.69, 9.17) is 0 Å². The lowest BCUT2D eigenvalue weighted by molar-refractivity contribution is 0.676. The molecule has 1 unspecified atom stereocenters. The molecule has 132 valence electrons. The van der Waals surface area contributed by atoms with Crippen molar-refractivity contribution in [1.29, 1.82) is 0 Å². The zero-order chi connectivity index (χ0) is 18.2. The van der Waals surface area contributed by atoms with Gasteiger partial charge < -0.3 is 5.32 Å². The molecule has 3 heterocycles. The van der Waals surface area contributed by atoms with E-state index in [0.717, 1.165) is 32.5 Å². The second-order valence-corrected chi connectivity index (χ2v) is 8.04. The smallest absolute Gasteiger partial charge is 0.219 e. The predicted molar refractivity (Wildman–Crippen MR) is 106 cm³/mol. The van der Waals surface area contributed by atoms with E-state index < -0.39 is 10.8 Å². The van der Waals surface area contributed by atoms with Gasteiger partial charge in [-0.3, -0.25) is 10.1 Å². The SMILES string of the molecule is O=S(c1ccc2nccc(Nc3ccc4scnc4c3)c2c1)c1ncn[nH]1. The summed E-state index contributed by atoms with van der Waals surface area (Å²) < 4.78 is 13.8. The van der Waals surface area contributed by atoms with E-state index in [1.807, 2.05) is 41.9 Å². The van der Waals surface area contributed by atoms with Crippen molar-refractivity contribution in [2.75, 3.05) is 5.32 Å². The van der Waals surface area contributed by atoms with Crippen molar-refractivity contribution in [1.82, 2.24) is 25.1 Å². The lowest BCUT2D eigenvalue weighted by Gasteiger charge is -2.10. The van der Waals surface area contributed by atoms with Crippen molar-refractivity contribution < 1.29 is 4.21 Å². The molecule has 5 aromatic rings. The molecule has 0 fully saturated rings. The van der Waals surface area contributed by atoms with Crippen LogP contribution in [0, 0.1) is 0 Å².